The molecule has 7 N–H and O–H groups in total. The Labute approximate surface area is 142 Å². The Morgan fingerprint density at radius 3 is 1.00 bits per heavy atom. The Morgan fingerprint density at radius 2 is 0.826 bits per heavy atom. The van der Waals surface area contributed by atoms with E-state index in [2.05, 4.69) is 0 Å². The van der Waals surface area contributed by atoms with Crippen molar-refractivity contribution in [3.05, 3.63) is 0 Å². The maximum absolute atomic E-state index is 10.6. The minimum absolute atomic E-state index is 0. The summed E-state index contributed by atoms with van der Waals surface area (Å²) in [5.74, 6) is -4.71. The first-order valence-corrected chi connectivity index (χ1v) is 6.02. The van der Waals surface area contributed by atoms with E-state index in [1.807, 2.05) is 0 Å². The van der Waals surface area contributed by atoms with Gasteiger partial charge in [0.05, 0.1) is 26.2 Å². The number of nitrogens with zero attached hydrogens (tertiary/aromatic N) is 2. The van der Waals surface area contributed by atoms with Crippen molar-refractivity contribution in [1.82, 2.24) is 16.0 Å². The van der Waals surface area contributed by atoms with Crippen molar-refractivity contribution in [2.24, 2.45) is 0 Å². The van der Waals surface area contributed by atoms with Crippen LogP contribution in [-0.4, -0.2) is 93.4 Å². The van der Waals surface area contributed by atoms with Gasteiger partial charge < -0.3 is 26.6 Å². The number of carboxylic acids is 4. The Morgan fingerprint density at radius 1 is 0.609 bits per heavy atom. The van der Waals surface area contributed by atoms with Gasteiger partial charge in [0.15, 0.2) is 0 Å². The average molecular weight is 379 g/mol. The largest absolute Gasteiger partial charge is 0.480 e. The molecule has 0 spiro atoms. The van der Waals surface area contributed by atoms with Gasteiger partial charge in [0, 0.05) is 30.2 Å². The van der Waals surface area contributed by atoms with E-state index in [1.165, 1.54) is 9.80 Å². The van der Waals surface area contributed by atoms with E-state index < -0.39 is 50.1 Å². The standard InChI is InChI=1S/C11H18N2O8.Fe.H3N/c14-8(15)4-12(5-9(16)17)2-1-3-13(6-10(18)19)7-11(20)21;;/h1-7H2,(H,14,15)(H,16,17)(H,18,19)(H,20,21);;1H3. The first kappa shape index (κ1) is 26.2. The molecule has 0 atom stereocenters. The molecule has 0 aromatic carbocycles. The Hall–Kier alpha value is -1.72. The molecule has 136 valence electrons. The molecule has 0 heterocycles. The molecule has 0 fully saturated rings. The van der Waals surface area contributed by atoms with Crippen LogP contribution in [0.4, 0.5) is 0 Å². The van der Waals surface area contributed by atoms with E-state index in [1.54, 1.807) is 0 Å². The van der Waals surface area contributed by atoms with Gasteiger partial charge in [-0.2, -0.15) is 0 Å². The van der Waals surface area contributed by atoms with Crippen molar-refractivity contribution < 1.29 is 56.7 Å². The van der Waals surface area contributed by atoms with Gasteiger partial charge in [0.2, 0.25) is 0 Å². The first-order valence-electron chi connectivity index (χ1n) is 6.02. The number of aliphatic carboxylic acids is 4. The zero-order valence-electron chi connectivity index (χ0n) is 12.3. The van der Waals surface area contributed by atoms with Crippen LogP contribution in [0.5, 0.6) is 0 Å². The number of carbonyl (C=O) groups is 4. The predicted octanol–water partition coefficient (Wildman–Crippen LogP) is -1.52. The smallest absolute Gasteiger partial charge is 0.317 e. The van der Waals surface area contributed by atoms with E-state index in [0.29, 0.717) is 0 Å². The van der Waals surface area contributed by atoms with Crippen molar-refractivity contribution in [2.45, 2.75) is 6.42 Å². The van der Waals surface area contributed by atoms with E-state index in [4.69, 9.17) is 20.4 Å². The summed E-state index contributed by atoms with van der Waals surface area (Å²) in [7, 11) is 0. The normalized spacial score (nSPS) is 9.83. The molecule has 0 unspecified atom stereocenters. The predicted molar refractivity (Wildman–Crippen MR) is 73.1 cm³/mol. The van der Waals surface area contributed by atoms with Crippen LogP contribution in [0.3, 0.4) is 0 Å². The third-order valence-electron chi connectivity index (χ3n) is 2.38. The van der Waals surface area contributed by atoms with E-state index >= 15 is 0 Å². The quantitative estimate of drug-likeness (QED) is 0.247. The molecule has 11 nitrogen and oxygen atoms in total. The van der Waals surface area contributed by atoms with Crippen molar-refractivity contribution in [1.29, 1.82) is 0 Å². The van der Waals surface area contributed by atoms with E-state index in [-0.39, 0.29) is 42.7 Å². The van der Waals surface area contributed by atoms with Crippen LogP contribution >= 0.6 is 0 Å². The van der Waals surface area contributed by atoms with Crippen LogP contribution in [-0.2, 0) is 36.2 Å². The SMILES string of the molecule is N.O=C(O)CN(CCCN(CC(=O)O)CC(=O)O)CC(=O)O.[Fe]. The van der Waals surface area contributed by atoms with Gasteiger partial charge in [-0.25, -0.2) is 0 Å². The summed E-state index contributed by atoms with van der Waals surface area (Å²) in [5.41, 5.74) is 0. The van der Waals surface area contributed by atoms with Crippen LogP contribution in [0.1, 0.15) is 6.42 Å². The van der Waals surface area contributed by atoms with E-state index in [9.17, 15) is 19.2 Å². The topological polar surface area (TPSA) is 191 Å². The molecule has 0 aliphatic heterocycles. The molecule has 0 saturated heterocycles. The summed E-state index contributed by atoms with van der Waals surface area (Å²) in [6.07, 6.45) is 0.251. The molecule has 0 amide bonds. The first-order chi connectivity index (χ1) is 9.70. The monoisotopic (exact) mass is 379 g/mol. The minimum Gasteiger partial charge on any atom is -0.480 e. The maximum Gasteiger partial charge on any atom is 0.317 e. The molecule has 0 aromatic heterocycles. The zero-order chi connectivity index (χ0) is 16.4. The number of carboxylic acid groups (broad SMARTS) is 4. The van der Waals surface area contributed by atoms with Crippen molar-refractivity contribution in [3.63, 3.8) is 0 Å². The summed E-state index contributed by atoms with van der Waals surface area (Å²) in [6, 6.07) is 0. The summed E-state index contributed by atoms with van der Waals surface area (Å²) >= 11 is 0. The minimum atomic E-state index is -1.18. The molecule has 0 saturated carbocycles. The summed E-state index contributed by atoms with van der Waals surface area (Å²) in [4.78, 5) is 44.7. The number of rotatable bonds is 12. The number of hydrogen-bond acceptors (Lipinski definition) is 7. The molecule has 0 radical (unpaired) electrons. The third kappa shape index (κ3) is 16.5. The number of hydrogen-bond donors (Lipinski definition) is 5. The Bertz CT molecular complexity index is 339. The van der Waals surface area contributed by atoms with Gasteiger partial charge in [0.1, 0.15) is 0 Å². The van der Waals surface area contributed by atoms with Gasteiger partial charge in [-0.3, -0.25) is 29.0 Å². The van der Waals surface area contributed by atoms with Crippen molar-refractivity contribution in [3.8, 4) is 0 Å². The van der Waals surface area contributed by atoms with Crippen LogP contribution in [0.25, 0.3) is 0 Å². The van der Waals surface area contributed by atoms with Crippen molar-refractivity contribution in [2.75, 3.05) is 39.3 Å². The fourth-order valence-corrected chi connectivity index (χ4v) is 1.71. The summed E-state index contributed by atoms with van der Waals surface area (Å²) in [5, 5.41) is 34.6. The fraction of sp³-hybridized carbons (Fsp3) is 0.636. The van der Waals surface area contributed by atoms with Crippen LogP contribution in [0, 0.1) is 0 Å². The fourth-order valence-electron chi connectivity index (χ4n) is 1.71. The second-order valence-corrected chi connectivity index (χ2v) is 4.35. The van der Waals surface area contributed by atoms with Crippen LogP contribution in [0.15, 0.2) is 0 Å². The second-order valence-electron chi connectivity index (χ2n) is 4.35. The Kier molecular flexibility index (Phi) is 15.8. The molecule has 0 aliphatic rings. The second kappa shape index (κ2) is 13.9. The molecule has 0 aliphatic carbocycles. The average Bonchev–Trinajstić information content (AvgIpc) is 2.24. The molecular weight excluding hydrogens is 358 g/mol. The van der Waals surface area contributed by atoms with Crippen LogP contribution in [0.2, 0.25) is 0 Å². The van der Waals surface area contributed by atoms with E-state index in [0.717, 1.165) is 0 Å². The molecule has 23 heavy (non-hydrogen) atoms. The zero-order valence-corrected chi connectivity index (χ0v) is 13.4. The maximum atomic E-state index is 10.6. The van der Waals surface area contributed by atoms with Gasteiger partial charge >= 0.3 is 23.9 Å². The van der Waals surface area contributed by atoms with Crippen molar-refractivity contribution >= 4 is 23.9 Å². The third-order valence-corrected chi connectivity index (χ3v) is 2.38. The molecule has 0 bridgehead atoms. The molecule has 0 aromatic rings. The molecule has 0 rings (SSSR count). The Balaban J connectivity index is -0.00000200. The van der Waals surface area contributed by atoms with Gasteiger partial charge in [-0.15, -0.1) is 0 Å². The van der Waals surface area contributed by atoms with Gasteiger partial charge in [-0.1, -0.05) is 0 Å². The van der Waals surface area contributed by atoms with Crippen LogP contribution < -0.4 is 6.15 Å². The summed E-state index contributed by atoms with van der Waals surface area (Å²) in [6.45, 7) is -1.61. The van der Waals surface area contributed by atoms with Gasteiger partial charge in [0.25, 0.3) is 0 Å². The summed E-state index contributed by atoms with van der Waals surface area (Å²) < 4.78 is 0. The molecule has 12 heteroatoms. The van der Waals surface area contributed by atoms with Gasteiger partial charge in [-0.05, 0) is 6.42 Å². The molecular formula is C11H21FeN3O8.